The van der Waals surface area contributed by atoms with Gasteiger partial charge in [-0.15, -0.1) is 0 Å². The molecule has 1 amide bonds. The zero-order chi connectivity index (χ0) is 20.3. The third-order valence-electron chi connectivity index (χ3n) is 3.69. The van der Waals surface area contributed by atoms with E-state index in [1.807, 2.05) is 0 Å². The molecule has 1 heterocycles. The fourth-order valence-electron chi connectivity index (χ4n) is 2.42. The first-order valence-corrected chi connectivity index (χ1v) is 8.31. The molecule has 0 atom stereocenters. The van der Waals surface area contributed by atoms with Gasteiger partial charge in [-0.2, -0.15) is 0 Å². The predicted octanol–water partition coefficient (Wildman–Crippen LogP) is 3.97. The Labute approximate surface area is 163 Å². The van der Waals surface area contributed by atoms with Crippen LogP contribution in [-0.4, -0.2) is 30.6 Å². The molecular formula is C19H13ClF2N2O4. The first-order chi connectivity index (χ1) is 13.4. The Bertz CT molecular complexity index is 1080. The molecule has 3 rings (SSSR count). The van der Waals surface area contributed by atoms with Crippen molar-refractivity contribution in [1.82, 2.24) is 4.98 Å². The number of pyridine rings is 1. The molecule has 0 saturated carbocycles. The van der Waals surface area contributed by atoms with Gasteiger partial charge in [0.2, 0.25) is 0 Å². The number of hydrogen-bond donors (Lipinski definition) is 1. The van der Waals surface area contributed by atoms with Crippen molar-refractivity contribution < 1.29 is 27.8 Å². The Hall–Kier alpha value is -3.26. The number of anilines is 1. The molecular weight excluding hydrogens is 394 g/mol. The number of nitrogens with one attached hydrogen (secondary N) is 1. The lowest BCUT2D eigenvalue weighted by Gasteiger charge is -2.12. The number of aromatic nitrogens is 1. The predicted molar refractivity (Wildman–Crippen MR) is 98.6 cm³/mol. The molecule has 0 radical (unpaired) electrons. The number of benzene rings is 2. The zero-order valence-electron chi connectivity index (χ0n) is 14.5. The highest BCUT2D eigenvalue weighted by atomic mass is 35.5. The van der Waals surface area contributed by atoms with Crippen LogP contribution >= 0.6 is 11.6 Å². The summed E-state index contributed by atoms with van der Waals surface area (Å²) in [5, 5.41) is 3.08. The molecule has 0 bridgehead atoms. The van der Waals surface area contributed by atoms with Crippen molar-refractivity contribution in [2.45, 2.75) is 0 Å². The number of esters is 1. The molecule has 0 aliphatic rings. The fraction of sp³-hybridized carbons (Fsp3) is 0.105. The van der Waals surface area contributed by atoms with Crippen LogP contribution in [0.15, 0.2) is 42.5 Å². The second-order valence-corrected chi connectivity index (χ2v) is 6.06. The molecule has 0 saturated heterocycles. The van der Waals surface area contributed by atoms with Gasteiger partial charge in [-0.25, -0.2) is 18.6 Å². The molecule has 9 heteroatoms. The Morgan fingerprint density at radius 1 is 1.14 bits per heavy atom. The van der Waals surface area contributed by atoms with E-state index >= 15 is 0 Å². The van der Waals surface area contributed by atoms with E-state index in [1.54, 1.807) is 18.2 Å². The molecule has 6 nitrogen and oxygen atoms in total. The van der Waals surface area contributed by atoms with Gasteiger partial charge in [-0.3, -0.25) is 4.79 Å². The Morgan fingerprint density at radius 2 is 1.93 bits per heavy atom. The van der Waals surface area contributed by atoms with Gasteiger partial charge in [-0.05, 0) is 30.3 Å². The van der Waals surface area contributed by atoms with Gasteiger partial charge in [0.05, 0.1) is 18.3 Å². The van der Waals surface area contributed by atoms with Crippen LogP contribution in [0.3, 0.4) is 0 Å². The van der Waals surface area contributed by atoms with E-state index in [9.17, 15) is 18.4 Å². The summed E-state index contributed by atoms with van der Waals surface area (Å²) >= 11 is 5.99. The average Bonchev–Trinajstić information content (AvgIpc) is 2.68. The van der Waals surface area contributed by atoms with Crippen LogP contribution in [0, 0.1) is 11.6 Å². The summed E-state index contributed by atoms with van der Waals surface area (Å²) in [5.41, 5.74) is 0.0641. The van der Waals surface area contributed by atoms with Crippen molar-refractivity contribution in [1.29, 1.82) is 0 Å². The Balaban J connectivity index is 1.84. The number of amides is 1. The number of hydrogen-bond acceptors (Lipinski definition) is 5. The summed E-state index contributed by atoms with van der Waals surface area (Å²) in [6.07, 6.45) is 0. The first-order valence-electron chi connectivity index (χ1n) is 7.93. The second-order valence-electron chi connectivity index (χ2n) is 5.62. The molecule has 144 valence electrons. The summed E-state index contributed by atoms with van der Waals surface area (Å²) in [6, 6.07) is 8.71. The number of methoxy groups -OCH3 is 1. The van der Waals surface area contributed by atoms with Crippen LogP contribution in [0.1, 0.15) is 10.5 Å². The van der Waals surface area contributed by atoms with E-state index in [4.69, 9.17) is 16.3 Å². The third-order valence-corrected chi connectivity index (χ3v) is 3.92. The van der Waals surface area contributed by atoms with Crippen LogP contribution in [-0.2, 0) is 9.53 Å². The molecule has 0 unspecified atom stereocenters. The number of halogens is 3. The van der Waals surface area contributed by atoms with E-state index in [2.05, 4.69) is 15.0 Å². The van der Waals surface area contributed by atoms with Gasteiger partial charge in [0, 0.05) is 22.5 Å². The summed E-state index contributed by atoms with van der Waals surface area (Å²) in [4.78, 5) is 28.0. The topological polar surface area (TPSA) is 77.5 Å². The van der Waals surface area contributed by atoms with Crippen molar-refractivity contribution in [2.24, 2.45) is 0 Å². The van der Waals surface area contributed by atoms with E-state index in [1.165, 1.54) is 13.2 Å². The summed E-state index contributed by atoms with van der Waals surface area (Å²) in [5.74, 6) is -2.74. The lowest BCUT2D eigenvalue weighted by Crippen LogP contribution is -2.21. The Morgan fingerprint density at radius 3 is 2.68 bits per heavy atom. The van der Waals surface area contributed by atoms with E-state index in [0.717, 1.165) is 18.2 Å². The smallest absolute Gasteiger partial charge is 0.356 e. The zero-order valence-corrected chi connectivity index (χ0v) is 15.2. The Kier molecular flexibility index (Phi) is 5.70. The summed E-state index contributed by atoms with van der Waals surface area (Å²) in [6.45, 7) is -0.526. The van der Waals surface area contributed by atoms with Crippen LogP contribution in [0.5, 0.6) is 5.75 Å². The molecule has 0 aliphatic carbocycles. The van der Waals surface area contributed by atoms with E-state index in [0.29, 0.717) is 15.9 Å². The number of rotatable bonds is 5. The minimum absolute atomic E-state index is 0.0242. The minimum atomic E-state index is -0.788. The highest BCUT2D eigenvalue weighted by Gasteiger charge is 2.15. The second kappa shape index (κ2) is 8.18. The summed E-state index contributed by atoms with van der Waals surface area (Å²) < 4.78 is 37.0. The molecule has 3 aromatic rings. The van der Waals surface area contributed by atoms with Crippen LogP contribution in [0.4, 0.5) is 14.5 Å². The molecule has 1 N–H and O–H groups in total. The highest BCUT2D eigenvalue weighted by Crippen LogP contribution is 2.28. The normalized spacial score (nSPS) is 10.6. The minimum Gasteiger partial charge on any atom is -0.483 e. The lowest BCUT2D eigenvalue weighted by atomic mass is 10.2. The molecule has 28 heavy (non-hydrogen) atoms. The maximum absolute atomic E-state index is 13.6. The lowest BCUT2D eigenvalue weighted by molar-refractivity contribution is -0.118. The number of nitrogens with zero attached hydrogens (tertiary/aromatic N) is 1. The van der Waals surface area contributed by atoms with Crippen LogP contribution in [0.2, 0.25) is 5.02 Å². The molecule has 0 aliphatic heterocycles. The average molecular weight is 407 g/mol. The molecule has 1 aromatic heterocycles. The van der Waals surface area contributed by atoms with E-state index in [-0.39, 0.29) is 17.1 Å². The molecule has 0 fully saturated rings. The van der Waals surface area contributed by atoms with Crippen LogP contribution < -0.4 is 10.1 Å². The summed E-state index contributed by atoms with van der Waals surface area (Å²) in [7, 11) is 1.21. The monoisotopic (exact) mass is 406 g/mol. The van der Waals surface area contributed by atoms with Crippen molar-refractivity contribution in [3.63, 3.8) is 0 Å². The standard InChI is InChI=1S/C19H13ClF2N2O4/c1-27-19(26)16-8-17(12-6-10(20)2-5-14(12)23-16)28-9-18(25)24-15-7-11(21)3-4-13(15)22/h2-8H,9H2,1H3,(H,24,25). The van der Waals surface area contributed by atoms with Crippen molar-refractivity contribution in [3.8, 4) is 5.75 Å². The van der Waals surface area contributed by atoms with Gasteiger partial charge in [0.25, 0.3) is 5.91 Å². The number of carbonyl (C=O) groups excluding carboxylic acids is 2. The van der Waals surface area contributed by atoms with Crippen LogP contribution in [0.25, 0.3) is 10.9 Å². The molecule has 0 spiro atoms. The largest absolute Gasteiger partial charge is 0.483 e. The van der Waals surface area contributed by atoms with Gasteiger partial charge in [-0.1, -0.05) is 11.6 Å². The third kappa shape index (κ3) is 4.34. The van der Waals surface area contributed by atoms with Gasteiger partial charge >= 0.3 is 5.97 Å². The number of carbonyl (C=O) groups is 2. The maximum atomic E-state index is 13.6. The van der Waals surface area contributed by atoms with E-state index < -0.39 is 30.1 Å². The van der Waals surface area contributed by atoms with Gasteiger partial charge < -0.3 is 14.8 Å². The van der Waals surface area contributed by atoms with Crippen molar-refractivity contribution in [3.05, 3.63) is 64.8 Å². The van der Waals surface area contributed by atoms with Gasteiger partial charge in [0.1, 0.15) is 17.4 Å². The van der Waals surface area contributed by atoms with Gasteiger partial charge in [0.15, 0.2) is 12.3 Å². The SMILES string of the molecule is COC(=O)c1cc(OCC(=O)Nc2cc(F)ccc2F)c2cc(Cl)ccc2n1. The van der Waals surface area contributed by atoms with Crippen molar-refractivity contribution >= 4 is 40.1 Å². The molecule has 2 aromatic carbocycles. The first kappa shape index (κ1) is 19.5. The maximum Gasteiger partial charge on any atom is 0.356 e. The fourth-order valence-corrected chi connectivity index (χ4v) is 2.59. The van der Waals surface area contributed by atoms with Crippen molar-refractivity contribution in [2.75, 3.05) is 19.0 Å². The highest BCUT2D eigenvalue weighted by molar-refractivity contribution is 6.31. The number of fused-ring (bicyclic) bond motifs is 1. The number of ether oxygens (including phenoxy) is 2. The quantitative estimate of drug-likeness (QED) is 0.649.